The van der Waals surface area contributed by atoms with Gasteiger partial charge >= 0.3 is 6.09 Å². The number of benzene rings is 1. The molecule has 0 bridgehead atoms. The van der Waals surface area contributed by atoms with Gasteiger partial charge in [-0.05, 0) is 37.1 Å². The van der Waals surface area contributed by atoms with E-state index in [1.54, 1.807) is 21.9 Å². The number of hydrogen-bond acceptors (Lipinski definition) is 6. The third-order valence-electron chi connectivity index (χ3n) is 4.72. The van der Waals surface area contributed by atoms with Crippen molar-refractivity contribution in [2.75, 3.05) is 32.7 Å². The lowest BCUT2D eigenvalue weighted by atomic mass is 10.2. The molecule has 26 heavy (non-hydrogen) atoms. The molecule has 2 amide bonds. The minimum Gasteiger partial charge on any atom is -0.445 e. The Kier molecular flexibility index (Phi) is 5.67. The number of ether oxygens (including phenoxy) is 1. The van der Waals surface area contributed by atoms with E-state index in [-0.39, 0.29) is 24.2 Å². The van der Waals surface area contributed by atoms with Gasteiger partial charge in [0.1, 0.15) is 6.61 Å². The molecule has 3 rings (SSSR count). The van der Waals surface area contributed by atoms with E-state index in [2.05, 4.69) is 5.32 Å². The van der Waals surface area contributed by atoms with Crippen molar-refractivity contribution in [3.8, 4) is 0 Å². The molecule has 0 saturated carbocycles. The van der Waals surface area contributed by atoms with Crippen LogP contribution in [0, 0.1) is 10.1 Å². The molecule has 9 heteroatoms. The number of carbonyl (C=O) groups excluding carboxylic acids is 2. The predicted molar refractivity (Wildman–Crippen MR) is 92.5 cm³/mol. The van der Waals surface area contributed by atoms with Crippen molar-refractivity contribution < 1.29 is 19.2 Å². The predicted octanol–water partition coefficient (Wildman–Crippen LogP) is 1.13. The lowest BCUT2D eigenvalue weighted by Crippen LogP contribution is -2.54. The van der Waals surface area contributed by atoms with Gasteiger partial charge in [-0.1, -0.05) is 0 Å². The number of nitro groups is 1. The first-order valence-corrected chi connectivity index (χ1v) is 8.72. The van der Waals surface area contributed by atoms with Gasteiger partial charge in [-0.25, -0.2) is 4.79 Å². The molecule has 0 radical (unpaired) electrons. The smallest absolute Gasteiger partial charge is 0.410 e. The molecule has 9 nitrogen and oxygen atoms in total. The third-order valence-corrected chi connectivity index (χ3v) is 4.72. The molecule has 1 N–H and O–H groups in total. The Morgan fingerprint density at radius 3 is 2.38 bits per heavy atom. The van der Waals surface area contributed by atoms with Crippen molar-refractivity contribution in [2.24, 2.45) is 0 Å². The summed E-state index contributed by atoms with van der Waals surface area (Å²) in [7, 11) is 0. The zero-order chi connectivity index (χ0) is 18.5. The average Bonchev–Trinajstić information content (AvgIpc) is 3.20. The summed E-state index contributed by atoms with van der Waals surface area (Å²) in [4.78, 5) is 38.0. The molecule has 2 aliphatic rings. The first-order valence-electron chi connectivity index (χ1n) is 8.72. The van der Waals surface area contributed by atoms with Gasteiger partial charge in [-0.2, -0.15) is 0 Å². The molecular weight excluding hydrogens is 340 g/mol. The normalized spacial score (nSPS) is 20.1. The number of non-ortho nitro benzene ring substituents is 1. The fourth-order valence-corrected chi connectivity index (χ4v) is 3.18. The molecule has 1 unspecified atom stereocenters. The van der Waals surface area contributed by atoms with Crippen molar-refractivity contribution in [3.63, 3.8) is 0 Å². The number of nitrogens with zero attached hydrogens (tertiary/aromatic N) is 3. The molecule has 2 fully saturated rings. The topological polar surface area (TPSA) is 105 Å². The highest BCUT2D eigenvalue weighted by molar-refractivity contribution is 5.82. The molecule has 2 heterocycles. The van der Waals surface area contributed by atoms with Crippen molar-refractivity contribution in [2.45, 2.75) is 25.5 Å². The van der Waals surface area contributed by atoms with E-state index < -0.39 is 11.0 Å². The van der Waals surface area contributed by atoms with Crippen LogP contribution in [0.5, 0.6) is 0 Å². The van der Waals surface area contributed by atoms with E-state index in [9.17, 15) is 19.7 Å². The van der Waals surface area contributed by atoms with Gasteiger partial charge in [0.15, 0.2) is 0 Å². The standard InChI is InChI=1S/C17H22N4O5/c22-16(15-2-1-7-18-15)19-8-10-20(11-9-19)17(23)26-12-13-3-5-14(6-4-13)21(24)25/h3-6,15,18H,1-2,7-12H2. The van der Waals surface area contributed by atoms with Crippen LogP contribution in [0.15, 0.2) is 24.3 Å². The molecule has 140 valence electrons. The van der Waals surface area contributed by atoms with Crippen LogP contribution in [0.4, 0.5) is 10.5 Å². The average molecular weight is 362 g/mol. The first-order chi connectivity index (χ1) is 12.5. The molecule has 2 aliphatic heterocycles. The maximum absolute atomic E-state index is 12.3. The maximum Gasteiger partial charge on any atom is 0.410 e. The van der Waals surface area contributed by atoms with Crippen molar-refractivity contribution >= 4 is 17.7 Å². The van der Waals surface area contributed by atoms with Crippen LogP contribution in [-0.4, -0.2) is 65.5 Å². The Morgan fingerprint density at radius 2 is 1.81 bits per heavy atom. The third kappa shape index (κ3) is 4.29. The number of hydrogen-bond donors (Lipinski definition) is 1. The molecular formula is C17H22N4O5. The molecule has 0 aliphatic carbocycles. The van der Waals surface area contributed by atoms with Crippen LogP contribution in [0.1, 0.15) is 18.4 Å². The quantitative estimate of drug-likeness (QED) is 0.636. The molecule has 1 aromatic carbocycles. The van der Waals surface area contributed by atoms with E-state index >= 15 is 0 Å². The van der Waals surface area contributed by atoms with Gasteiger partial charge in [0.2, 0.25) is 5.91 Å². The van der Waals surface area contributed by atoms with Gasteiger partial charge in [0, 0.05) is 38.3 Å². The van der Waals surface area contributed by atoms with Crippen LogP contribution in [0.25, 0.3) is 0 Å². The summed E-state index contributed by atoms with van der Waals surface area (Å²) in [5, 5.41) is 13.8. The summed E-state index contributed by atoms with van der Waals surface area (Å²) in [6.45, 7) is 2.83. The molecule has 0 aromatic heterocycles. The second-order valence-electron chi connectivity index (χ2n) is 6.44. The molecule has 0 spiro atoms. The summed E-state index contributed by atoms with van der Waals surface area (Å²) in [5.74, 6) is 0.112. The van der Waals surface area contributed by atoms with Gasteiger partial charge in [0.05, 0.1) is 11.0 Å². The van der Waals surface area contributed by atoms with Crippen LogP contribution >= 0.6 is 0 Å². The highest BCUT2D eigenvalue weighted by atomic mass is 16.6. The van der Waals surface area contributed by atoms with Crippen molar-refractivity contribution in [3.05, 3.63) is 39.9 Å². The molecule has 1 aromatic rings. The Labute approximate surface area is 151 Å². The van der Waals surface area contributed by atoms with Crippen molar-refractivity contribution in [1.29, 1.82) is 0 Å². The van der Waals surface area contributed by atoms with E-state index in [0.29, 0.717) is 31.7 Å². The lowest BCUT2D eigenvalue weighted by molar-refractivity contribution is -0.384. The number of piperazine rings is 1. The molecule has 2 saturated heterocycles. The molecule has 1 atom stereocenters. The van der Waals surface area contributed by atoms with Gasteiger partial charge < -0.3 is 19.9 Å². The largest absolute Gasteiger partial charge is 0.445 e. The summed E-state index contributed by atoms with van der Waals surface area (Å²) in [6.07, 6.45) is 1.45. The lowest BCUT2D eigenvalue weighted by Gasteiger charge is -2.35. The van der Waals surface area contributed by atoms with Gasteiger partial charge in [-0.3, -0.25) is 14.9 Å². The maximum atomic E-state index is 12.3. The highest BCUT2D eigenvalue weighted by Gasteiger charge is 2.30. The van der Waals surface area contributed by atoms with E-state index in [1.165, 1.54) is 12.1 Å². The minimum atomic E-state index is -0.475. The summed E-state index contributed by atoms with van der Waals surface area (Å²) in [5.41, 5.74) is 0.683. The van der Waals surface area contributed by atoms with E-state index in [4.69, 9.17) is 4.74 Å². The number of amides is 2. The number of nitro benzene ring substituents is 1. The fourth-order valence-electron chi connectivity index (χ4n) is 3.18. The summed E-state index contributed by atoms with van der Waals surface area (Å²) < 4.78 is 5.26. The van der Waals surface area contributed by atoms with Crippen LogP contribution in [0.3, 0.4) is 0 Å². The van der Waals surface area contributed by atoms with Crippen LogP contribution < -0.4 is 5.32 Å². The second kappa shape index (κ2) is 8.13. The highest BCUT2D eigenvalue weighted by Crippen LogP contribution is 2.14. The van der Waals surface area contributed by atoms with Crippen LogP contribution in [0.2, 0.25) is 0 Å². The van der Waals surface area contributed by atoms with E-state index in [0.717, 1.165) is 19.4 Å². The first kappa shape index (κ1) is 18.1. The van der Waals surface area contributed by atoms with Gasteiger partial charge in [0.25, 0.3) is 5.69 Å². The number of nitrogens with one attached hydrogen (secondary N) is 1. The second-order valence-corrected chi connectivity index (χ2v) is 6.44. The van der Waals surface area contributed by atoms with Crippen LogP contribution in [-0.2, 0) is 16.1 Å². The Bertz CT molecular complexity index is 664. The summed E-state index contributed by atoms with van der Waals surface area (Å²) in [6, 6.07) is 5.80. The monoisotopic (exact) mass is 362 g/mol. The SMILES string of the molecule is O=C(OCc1ccc([N+](=O)[O-])cc1)N1CCN(C(=O)C2CCCN2)CC1. The van der Waals surface area contributed by atoms with E-state index in [1.807, 2.05) is 0 Å². The van der Waals surface area contributed by atoms with Crippen molar-refractivity contribution in [1.82, 2.24) is 15.1 Å². The fraction of sp³-hybridized carbons (Fsp3) is 0.529. The summed E-state index contributed by atoms with van der Waals surface area (Å²) >= 11 is 0. The minimum absolute atomic E-state index is 0.00221. The zero-order valence-corrected chi connectivity index (χ0v) is 14.4. The Hall–Kier alpha value is -2.68. The van der Waals surface area contributed by atoms with Gasteiger partial charge in [-0.15, -0.1) is 0 Å². The Morgan fingerprint density at radius 1 is 1.15 bits per heavy atom. The Balaban J connectivity index is 1.43. The number of carbonyl (C=O) groups is 2. The number of rotatable bonds is 4. The zero-order valence-electron chi connectivity index (χ0n) is 14.4.